The van der Waals surface area contributed by atoms with Crippen LogP contribution in [0.3, 0.4) is 0 Å². The van der Waals surface area contributed by atoms with Crippen molar-refractivity contribution in [1.29, 1.82) is 0 Å². The highest BCUT2D eigenvalue weighted by molar-refractivity contribution is 7.22. The first-order chi connectivity index (χ1) is 14.3. The molecule has 1 aromatic heterocycles. The molecule has 0 saturated heterocycles. The van der Waals surface area contributed by atoms with Crippen LogP contribution in [0.4, 0.5) is 18.3 Å². The van der Waals surface area contributed by atoms with Gasteiger partial charge in [-0.1, -0.05) is 59.3 Å². The number of fused-ring (bicyclic) bond motifs is 1. The lowest BCUT2D eigenvalue weighted by molar-refractivity contribution is -0.137. The number of halogens is 4. The maximum absolute atomic E-state index is 13.3. The molecule has 0 aliphatic rings. The summed E-state index contributed by atoms with van der Waals surface area (Å²) in [5, 5.41) is 0.926. The van der Waals surface area contributed by atoms with E-state index in [0.29, 0.717) is 15.7 Å². The van der Waals surface area contributed by atoms with Gasteiger partial charge in [0, 0.05) is 10.6 Å². The molecule has 0 radical (unpaired) electrons. The van der Waals surface area contributed by atoms with E-state index < -0.39 is 17.6 Å². The van der Waals surface area contributed by atoms with Gasteiger partial charge >= 0.3 is 6.18 Å². The number of hydrogen-bond donors (Lipinski definition) is 0. The molecule has 1 amide bonds. The molecule has 152 valence electrons. The summed E-state index contributed by atoms with van der Waals surface area (Å²) in [5.74, 6) is -0.560. The molecule has 0 fully saturated rings. The van der Waals surface area contributed by atoms with Gasteiger partial charge in [0.05, 0.1) is 22.3 Å². The lowest BCUT2D eigenvalue weighted by Crippen LogP contribution is -2.30. The molecule has 0 N–H and O–H groups in total. The minimum atomic E-state index is -4.53. The Morgan fingerprint density at radius 1 is 1.00 bits per heavy atom. The lowest BCUT2D eigenvalue weighted by Gasteiger charge is -2.20. The lowest BCUT2D eigenvalue weighted by atomic mass is 10.1. The van der Waals surface area contributed by atoms with E-state index in [9.17, 15) is 18.0 Å². The second-order valence-corrected chi connectivity index (χ2v) is 8.01. The topological polar surface area (TPSA) is 33.2 Å². The van der Waals surface area contributed by atoms with Crippen LogP contribution < -0.4 is 4.90 Å². The van der Waals surface area contributed by atoms with Crippen molar-refractivity contribution in [3.63, 3.8) is 0 Å². The number of nitrogens with zero attached hydrogens (tertiary/aromatic N) is 2. The number of rotatable bonds is 4. The Morgan fingerprint density at radius 3 is 2.50 bits per heavy atom. The van der Waals surface area contributed by atoms with Crippen LogP contribution in [0.2, 0.25) is 5.02 Å². The number of amides is 1. The summed E-state index contributed by atoms with van der Waals surface area (Å²) in [6, 6.07) is 18.8. The van der Waals surface area contributed by atoms with Gasteiger partial charge in [0.15, 0.2) is 5.13 Å². The molecule has 0 unspecified atom stereocenters. The largest absolute Gasteiger partial charge is 0.416 e. The van der Waals surface area contributed by atoms with Crippen LogP contribution in [0.5, 0.6) is 0 Å². The van der Waals surface area contributed by atoms with E-state index in [-0.39, 0.29) is 12.1 Å². The molecule has 4 aromatic rings. The van der Waals surface area contributed by atoms with Gasteiger partial charge in [0.1, 0.15) is 0 Å². The highest BCUT2D eigenvalue weighted by atomic mass is 35.5. The number of anilines is 1. The van der Waals surface area contributed by atoms with Crippen molar-refractivity contribution < 1.29 is 18.0 Å². The summed E-state index contributed by atoms with van der Waals surface area (Å²) in [6.45, 7) is 0.170. The molecule has 8 heteroatoms. The van der Waals surface area contributed by atoms with Gasteiger partial charge in [-0.05, 0) is 42.0 Å². The number of benzene rings is 3. The van der Waals surface area contributed by atoms with Crippen LogP contribution in [0.1, 0.15) is 21.5 Å². The average Bonchev–Trinajstić information content (AvgIpc) is 3.14. The van der Waals surface area contributed by atoms with Gasteiger partial charge < -0.3 is 0 Å². The maximum Gasteiger partial charge on any atom is 0.416 e. The fourth-order valence-corrected chi connectivity index (χ4v) is 4.22. The number of thiazole rings is 1. The van der Waals surface area contributed by atoms with Crippen LogP contribution in [-0.2, 0) is 12.7 Å². The van der Waals surface area contributed by atoms with Crippen molar-refractivity contribution in [3.05, 3.63) is 94.5 Å². The number of carbonyl (C=O) groups is 1. The summed E-state index contributed by atoms with van der Waals surface area (Å²) >= 11 is 7.31. The van der Waals surface area contributed by atoms with Crippen LogP contribution in [0.25, 0.3) is 10.2 Å². The fourth-order valence-electron chi connectivity index (χ4n) is 2.98. The van der Waals surface area contributed by atoms with Crippen LogP contribution in [-0.4, -0.2) is 10.9 Å². The zero-order chi connectivity index (χ0) is 21.3. The Bertz CT molecular complexity index is 1210. The van der Waals surface area contributed by atoms with E-state index in [1.807, 2.05) is 30.3 Å². The molecule has 3 nitrogen and oxygen atoms in total. The number of carbonyl (C=O) groups excluding carboxylic acids is 1. The van der Waals surface area contributed by atoms with Crippen molar-refractivity contribution in [3.8, 4) is 0 Å². The quantitative estimate of drug-likeness (QED) is 0.345. The van der Waals surface area contributed by atoms with Crippen LogP contribution >= 0.6 is 22.9 Å². The highest BCUT2D eigenvalue weighted by Gasteiger charge is 2.32. The van der Waals surface area contributed by atoms with Crippen molar-refractivity contribution >= 4 is 44.2 Å². The average molecular weight is 447 g/mol. The molecule has 0 saturated carbocycles. The molecule has 3 aromatic carbocycles. The summed E-state index contributed by atoms with van der Waals surface area (Å²) in [4.78, 5) is 19.2. The summed E-state index contributed by atoms with van der Waals surface area (Å²) in [6.07, 6.45) is -4.53. The third-order valence-corrected chi connectivity index (χ3v) is 5.71. The van der Waals surface area contributed by atoms with E-state index in [2.05, 4.69) is 4.98 Å². The van der Waals surface area contributed by atoms with Gasteiger partial charge in [-0.3, -0.25) is 9.69 Å². The Balaban J connectivity index is 1.77. The second-order valence-electron chi connectivity index (χ2n) is 6.56. The summed E-state index contributed by atoms with van der Waals surface area (Å²) in [5.41, 5.74) is 0.562. The highest BCUT2D eigenvalue weighted by Crippen LogP contribution is 2.34. The van der Waals surface area contributed by atoms with E-state index in [1.54, 1.807) is 18.2 Å². The van der Waals surface area contributed by atoms with Crippen molar-refractivity contribution in [2.24, 2.45) is 0 Å². The number of aromatic nitrogens is 1. The standard InChI is InChI=1S/C22H14ClF3N2OS/c23-17-9-10-18-19(12-17)30-21(27-18)28(13-14-5-2-1-3-6-14)20(29)15-7-4-8-16(11-15)22(24,25)26/h1-12H,13H2. The van der Waals surface area contributed by atoms with E-state index in [0.717, 1.165) is 22.4 Å². The minimum Gasteiger partial charge on any atom is -0.279 e. The fraction of sp³-hybridized carbons (Fsp3) is 0.0909. The van der Waals surface area contributed by atoms with Gasteiger partial charge in [-0.2, -0.15) is 13.2 Å². The first-order valence-corrected chi connectivity index (χ1v) is 10.1. The molecule has 4 rings (SSSR count). The van der Waals surface area contributed by atoms with Gasteiger partial charge in [-0.25, -0.2) is 4.98 Å². The maximum atomic E-state index is 13.3. The number of hydrogen-bond acceptors (Lipinski definition) is 3. The third kappa shape index (κ3) is 4.32. The zero-order valence-corrected chi connectivity index (χ0v) is 16.9. The Hall–Kier alpha value is -2.90. The van der Waals surface area contributed by atoms with Crippen LogP contribution in [0.15, 0.2) is 72.8 Å². The normalized spacial score (nSPS) is 11.6. The Morgan fingerprint density at radius 2 is 1.77 bits per heavy atom. The molecule has 0 spiro atoms. The SMILES string of the molecule is O=C(c1cccc(C(F)(F)F)c1)N(Cc1ccccc1)c1nc2ccc(Cl)cc2s1. The smallest absolute Gasteiger partial charge is 0.279 e. The first kappa shape index (κ1) is 20.4. The minimum absolute atomic E-state index is 0.0574. The van der Waals surface area contributed by atoms with Gasteiger partial charge in [0.2, 0.25) is 0 Å². The number of alkyl halides is 3. The van der Waals surface area contributed by atoms with Crippen molar-refractivity contribution in [2.45, 2.75) is 12.7 Å². The Labute approximate surface area is 179 Å². The molecule has 0 aliphatic carbocycles. The molecular formula is C22H14ClF3N2OS. The molecule has 0 atom stereocenters. The van der Waals surface area contributed by atoms with E-state index in [4.69, 9.17) is 11.6 Å². The van der Waals surface area contributed by atoms with Gasteiger partial charge in [0.25, 0.3) is 5.91 Å². The molecule has 30 heavy (non-hydrogen) atoms. The summed E-state index contributed by atoms with van der Waals surface area (Å²) < 4.78 is 40.2. The predicted octanol–water partition coefficient (Wildman–Crippen LogP) is 6.82. The predicted molar refractivity (Wildman–Crippen MR) is 113 cm³/mol. The summed E-state index contributed by atoms with van der Waals surface area (Å²) in [7, 11) is 0. The molecule has 0 bridgehead atoms. The van der Waals surface area contributed by atoms with E-state index in [1.165, 1.54) is 28.4 Å². The first-order valence-electron chi connectivity index (χ1n) is 8.90. The molecular weight excluding hydrogens is 433 g/mol. The zero-order valence-electron chi connectivity index (χ0n) is 15.4. The second kappa shape index (κ2) is 8.08. The van der Waals surface area contributed by atoms with Crippen LogP contribution in [0, 0.1) is 0 Å². The van der Waals surface area contributed by atoms with Crippen molar-refractivity contribution in [2.75, 3.05) is 4.90 Å². The van der Waals surface area contributed by atoms with E-state index >= 15 is 0 Å². The monoisotopic (exact) mass is 446 g/mol. The molecule has 0 aliphatic heterocycles. The van der Waals surface area contributed by atoms with Crippen molar-refractivity contribution in [1.82, 2.24) is 4.98 Å². The third-order valence-electron chi connectivity index (χ3n) is 4.44. The Kier molecular flexibility index (Phi) is 5.49. The molecule has 1 heterocycles. The van der Waals surface area contributed by atoms with Gasteiger partial charge in [-0.15, -0.1) is 0 Å².